The number of ketones is 1. The highest BCUT2D eigenvalue weighted by Crippen LogP contribution is 2.18. The maximum Gasteiger partial charge on any atom is 0.200 e. The smallest absolute Gasteiger partial charge is 0.200 e. The van der Waals surface area contributed by atoms with E-state index in [0.717, 1.165) is 16.6 Å². The van der Waals surface area contributed by atoms with E-state index in [4.69, 9.17) is 0 Å². The molecule has 0 saturated heterocycles. The van der Waals surface area contributed by atoms with Crippen molar-refractivity contribution in [3.63, 3.8) is 0 Å². The van der Waals surface area contributed by atoms with Crippen LogP contribution < -0.4 is 5.43 Å². The number of benzene rings is 3. The fourth-order valence-corrected chi connectivity index (χ4v) is 3.34. The number of nitrogens with zero attached hydrogens (tertiary/aromatic N) is 1. The van der Waals surface area contributed by atoms with Crippen LogP contribution in [0.3, 0.4) is 0 Å². The van der Waals surface area contributed by atoms with Crippen LogP contribution in [0.2, 0.25) is 0 Å². The van der Waals surface area contributed by atoms with Crippen molar-refractivity contribution in [2.75, 3.05) is 0 Å². The molecule has 0 aliphatic rings. The number of hydrogen-bond acceptors (Lipinski definition) is 2. The van der Waals surface area contributed by atoms with E-state index in [1.54, 1.807) is 12.3 Å². The minimum atomic E-state index is -0.424. The molecule has 3 aromatic carbocycles. The number of pyridine rings is 1. The summed E-state index contributed by atoms with van der Waals surface area (Å²) in [6.45, 7) is 2.44. The van der Waals surface area contributed by atoms with Crippen molar-refractivity contribution >= 4 is 16.7 Å². The summed E-state index contributed by atoms with van der Waals surface area (Å²) in [4.78, 5) is 26.0. The van der Waals surface area contributed by atoms with E-state index in [9.17, 15) is 14.0 Å². The van der Waals surface area contributed by atoms with Gasteiger partial charge < -0.3 is 4.57 Å². The summed E-state index contributed by atoms with van der Waals surface area (Å²) in [5.41, 5.74) is 2.85. The molecule has 4 rings (SSSR count). The zero-order valence-electron chi connectivity index (χ0n) is 15.4. The average Bonchev–Trinajstić information content (AvgIpc) is 2.71. The lowest BCUT2D eigenvalue weighted by atomic mass is 10.0. The van der Waals surface area contributed by atoms with Crippen molar-refractivity contribution in [1.29, 1.82) is 0 Å². The molecule has 0 aliphatic carbocycles. The number of carbonyl (C=O) groups is 1. The molecule has 0 saturated carbocycles. The number of hydrogen-bond donors (Lipinski definition) is 0. The van der Waals surface area contributed by atoms with Crippen LogP contribution in [0.15, 0.2) is 83.8 Å². The number of carbonyl (C=O) groups excluding carboxylic acids is 1. The second-order valence-corrected chi connectivity index (χ2v) is 6.84. The predicted molar refractivity (Wildman–Crippen MR) is 108 cm³/mol. The van der Waals surface area contributed by atoms with Gasteiger partial charge in [-0.15, -0.1) is 0 Å². The second-order valence-electron chi connectivity index (χ2n) is 6.84. The van der Waals surface area contributed by atoms with Gasteiger partial charge in [-0.05, 0) is 48.9 Å². The first kappa shape index (κ1) is 17.9. The van der Waals surface area contributed by atoms with Gasteiger partial charge in [-0.2, -0.15) is 0 Å². The van der Waals surface area contributed by atoms with Crippen molar-refractivity contribution in [3.05, 3.63) is 117 Å². The van der Waals surface area contributed by atoms with Gasteiger partial charge >= 0.3 is 0 Å². The van der Waals surface area contributed by atoms with Gasteiger partial charge in [0.05, 0.1) is 11.1 Å². The van der Waals surface area contributed by atoms with E-state index in [1.165, 1.54) is 24.3 Å². The molecule has 0 bridgehead atoms. The van der Waals surface area contributed by atoms with E-state index in [0.29, 0.717) is 11.9 Å². The first-order valence-corrected chi connectivity index (χ1v) is 9.01. The Labute approximate surface area is 161 Å². The van der Waals surface area contributed by atoms with Gasteiger partial charge in [0.1, 0.15) is 5.82 Å². The largest absolute Gasteiger partial charge is 0.342 e. The van der Waals surface area contributed by atoms with Crippen LogP contribution in [0.25, 0.3) is 10.9 Å². The first-order chi connectivity index (χ1) is 13.5. The van der Waals surface area contributed by atoms with Crippen LogP contribution in [-0.2, 0) is 6.54 Å². The highest BCUT2D eigenvalue weighted by atomic mass is 19.1. The Morgan fingerprint density at radius 1 is 0.964 bits per heavy atom. The summed E-state index contributed by atoms with van der Waals surface area (Å²) in [6.07, 6.45) is 1.61. The zero-order chi connectivity index (χ0) is 19.7. The lowest BCUT2D eigenvalue weighted by Gasteiger charge is -2.14. The molecular weight excluding hydrogens is 353 g/mol. The lowest BCUT2D eigenvalue weighted by molar-refractivity contribution is 0.103. The highest BCUT2D eigenvalue weighted by molar-refractivity contribution is 6.10. The average molecular weight is 371 g/mol. The molecule has 1 heterocycles. The second kappa shape index (κ2) is 7.24. The minimum Gasteiger partial charge on any atom is -0.342 e. The number of rotatable bonds is 4. The number of aromatic nitrogens is 1. The summed E-state index contributed by atoms with van der Waals surface area (Å²) in [7, 11) is 0. The van der Waals surface area contributed by atoms with Crippen molar-refractivity contribution in [2.24, 2.45) is 0 Å². The third-order valence-corrected chi connectivity index (χ3v) is 4.78. The Kier molecular flexibility index (Phi) is 4.62. The van der Waals surface area contributed by atoms with Crippen LogP contribution in [0.1, 0.15) is 27.0 Å². The van der Waals surface area contributed by atoms with Gasteiger partial charge in [0, 0.05) is 23.7 Å². The normalized spacial score (nSPS) is 10.9. The molecule has 0 spiro atoms. The molecule has 0 amide bonds. The number of aryl methyl sites for hydroxylation is 1. The summed E-state index contributed by atoms with van der Waals surface area (Å²) in [5, 5.41) is 0.504. The zero-order valence-corrected chi connectivity index (χ0v) is 15.4. The van der Waals surface area contributed by atoms with Crippen LogP contribution in [0.4, 0.5) is 4.39 Å². The monoisotopic (exact) mass is 371 g/mol. The Bertz CT molecular complexity index is 1230. The summed E-state index contributed by atoms with van der Waals surface area (Å²) in [6, 6.07) is 20.8. The molecule has 1 aromatic heterocycles. The van der Waals surface area contributed by atoms with Gasteiger partial charge in [0.2, 0.25) is 5.43 Å². The standard InChI is InChI=1S/C24H18FNO2/c1-16-7-12-22-20(13-16)24(28)21(23(27)18-8-10-19(25)11-9-18)15-26(22)14-17-5-3-2-4-6-17/h2-13,15H,14H2,1H3. The molecule has 0 radical (unpaired) electrons. The first-order valence-electron chi connectivity index (χ1n) is 9.01. The predicted octanol–water partition coefficient (Wildman–Crippen LogP) is 4.73. The Balaban J connectivity index is 1.91. The summed E-state index contributed by atoms with van der Waals surface area (Å²) >= 11 is 0. The molecule has 0 fully saturated rings. The minimum absolute atomic E-state index is 0.0839. The maximum absolute atomic E-state index is 13.2. The molecule has 4 heteroatoms. The molecule has 0 aliphatic heterocycles. The fraction of sp³-hybridized carbons (Fsp3) is 0.0833. The maximum atomic E-state index is 13.2. The van der Waals surface area contributed by atoms with Gasteiger partial charge in [0.25, 0.3) is 0 Å². The van der Waals surface area contributed by atoms with E-state index < -0.39 is 11.6 Å². The van der Waals surface area contributed by atoms with Crippen LogP contribution >= 0.6 is 0 Å². The van der Waals surface area contributed by atoms with Crippen LogP contribution in [0.5, 0.6) is 0 Å². The fourth-order valence-electron chi connectivity index (χ4n) is 3.34. The SMILES string of the molecule is Cc1ccc2c(c1)c(=O)c(C(=O)c1ccc(F)cc1)cn2Cc1ccccc1. The molecule has 4 aromatic rings. The van der Waals surface area contributed by atoms with Crippen molar-refractivity contribution in [1.82, 2.24) is 4.57 Å². The van der Waals surface area contributed by atoms with Crippen molar-refractivity contribution < 1.29 is 9.18 Å². The lowest BCUT2D eigenvalue weighted by Crippen LogP contribution is -2.20. The molecule has 0 atom stereocenters. The Morgan fingerprint density at radius 2 is 1.68 bits per heavy atom. The Hall–Kier alpha value is -3.53. The van der Waals surface area contributed by atoms with Gasteiger partial charge in [-0.1, -0.05) is 42.0 Å². The van der Waals surface area contributed by atoms with Crippen LogP contribution in [0, 0.1) is 12.7 Å². The van der Waals surface area contributed by atoms with Gasteiger partial charge in [0.15, 0.2) is 5.78 Å². The van der Waals surface area contributed by atoms with E-state index >= 15 is 0 Å². The Morgan fingerprint density at radius 3 is 2.39 bits per heavy atom. The summed E-state index contributed by atoms with van der Waals surface area (Å²) < 4.78 is 15.1. The number of halogens is 1. The third kappa shape index (κ3) is 3.37. The van der Waals surface area contributed by atoms with E-state index in [2.05, 4.69) is 0 Å². The molecule has 0 unspecified atom stereocenters. The van der Waals surface area contributed by atoms with Crippen molar-refractivity contribution in [3.8, 4) is 0 Å². The molecular formula is C24H18FNO2. The third-order valence-electron chi connectivity index (χ3n) is 4.78. The molecule has 3 nitrogen and oxygen atoms in total. The topological polar surface area (TPSA) is 39.1 Å². The number of fused-ring (bicyclic) bond motifs is 1. The molecule has 28 heavy (non-hydrogen) atoms. The van der Waals surface area contributed by atoms with Gasteiger partial charge in [-0.3, -0.25) is 9.59 Å². The summed E-state index contributed by atoms with van der Waals surface area (Å²) in [5.74, 6) is -0.831. The quantitative estimate of drug-likeness (QED) is 0.487. The van der Waals surface area contributed by atoms with E-state index in [1.807, 2.05) is 54.0 Å². The highest BCUT2D eigenvalue weighted by Gasteiger charge is 2.17. The molecule has 0 N–H and O–H groups in total. The van der Waals surface area contributed by atoms with Crippen molar-refractivity contribution in [2.45, 2.75) is 13.5 Å². The van der Waals surface area contributed by atoms with Crippen LogP contribution in [-0.4, -0.2) is 10.4 Å². The van der Waals surface area contributed by atoms with E-state index in [-0.39, 0.29) is 16.6 Å². The van der Waals surface area contributed by atoms with Gasteiger partial charge in [-0.25, -0.2) is 4.39 Å². The molecule has 138 valence electrons.